The number of Topliss-reactive ketones (excluding diaryl/α,β-unsaturated/α-hetero) is 4. The van der Waals surface area contributed by atoms with Crippen molar-refractivity contribution in [1.29, 1.82) is 0 Å². The first kappa shape index (κ1) is 22.9. The summed E-state index contributed by atoms with van der Waals surface area (Å²) in [6, 6.07) is 9.26. The highest BCUT2D eigenvalue weighted by molar-refractivity contribution is 6.05. The largest absolute Gasteiger partial charge is 0.310 e. The summed E-state index contributed by atoms with van der Waals surface area (Å²) >= 11 is 0. The van der Waals surface area contributed by atoms with Gasteiger partial charge in [0.15, 0.2) is 0 Å². The first-order chi connectivity index (χ1) is 13.7. The predicted molar refractivity (Wildman–Crippen MR) is 113 cm³/mol. The van der Waals surface area contributed by atoms with Crippen molar-refractivity contribution in [2.24, 2.45) is 11.3 Å². The van der Waals surface area contributed by atoms with E-state index in [9.17, 15) is 19.2 Å². The Bertz CT molecular complexity index is 798. The van der Waals surface area contributed by atoms with Gasteiger partial charge in [-0.15, -0.1) is 0 Å². The van der Waals surface area contributed by atoms with E-state index in [2.05, 4.69) is 11.9 Å². The highest BCUT2D eigenvalue weighted by Crippen LogP contribution is 2.52. The molecule has 0 bridgehead atoms. The van der Waals surface area contributed by atoms with Crippen LogP contribution in [0.25, 0.3) is 0 Å². The van der Waals surface area contributed by atoms with Gasteiger partial charge in [0.2, 0.25) is 0 Å². The van der Waals surface area contributed by atoms with Gasteiger partial charge in [0, 0.05) is 37.0 Å². The minimum atomic E-state index is -0.608. The first-order valence-electron chi connectivity index (χ1n) is 10.2. The molecule has 1 aromatic rings. The number of ketones is 4. The maximum Gasteiger partial charge on any atom is 0.147 e. The van der Waals surface area contributed by atoms with E-state index in [-0.39, 0.29) is 48.3 Å². The van der Waals surface area contributed by atoms with Crippen LogP contribution in [0.4, 0.5) is 0 Å². The van der Waals surface area contributed by atoms with E-state index in [1.165, 1.54) is 6.92 Å². The number of benzene rings is 1. The fourth-order valence-electron chi connectivity index (χ4n) is 4.19. The van der Waals surface area contributed by atoms with Crippen molar-refractivity contribution in [1.82, 2.24) is 5.32 Å². The highest BCUT2D eigenvalue weighted by atomic mass is 16.2. The number of rotatable bonds is 13. The van der Waals surface area contributed by atoms with Crippen LogP contribution in [0.1, 0.15) is 51.5 Å². The van der Waals surface area contributed by atoms with Crippen LogP contribution in [0, 0.1) is 11.3 Å². The zero-order valence-corrected chi connectivity index (χ0v) is 17.6. The van der Waals surface area contributed by atoms with Crippen LogP contribution in [0.2, 0.25) is 0 Å². The standard InChI is InChI=1S/C24H31NO4/c1-5-20(24(15-23(24)29)14-18-9-7-6-8-10-18)22(28)12-16(2)11-19(27)13-21(25-4)17(3)26/h6-10,20-21,25H,2,5,11-15H2,1,3-4H3/t20?,21-,24+/m0/s1. The summed E-state index contributed by atoms with van der Waals surface area (Å²) in [5.74, 6) is -0.453. The van der Waals surface area contributed by atoms with Gasteiger partial charge in [-0.05, 0) is 32.4 Å². The van der Waals surface area contributed by atoms with Crippen LogP contribution in [-0.4, -0.2) is 36.2 Å². The molecule has 0 saturated heterocycles. The quantitative estimate of drug-likeness (QED) is 0.517. The summed E-state index contributed by atoms with van der Waals surface area (Å²) in [5.41, 5.74) is 0.990. The van der Waals surface area contributed by atoms with Gasteiger partial charge >= 0.3 is 0 Å². The summed E-state index contributed by atoms with van der Waals surface area (Å²) in [6.07, 6.45) is 1.86. The highest BCUT2D eigenvalue weighted by Gasteiger charge is 2.59. The molecule has 1 aromatic carbocycles. The van der Waals surface area contributed by atoms with Crippen molar-refractivity contribution in [3.8, 4) is 0 Å². The topological polar surface area (TPSA) is 80.3 Å². The van der Waals surface area contributed by atoms with Crippen LogP contribution in [0.15, 0.2) is 42.5 Å². The second kappa shape index (κ2) is 9.88. The predicted octanol–water partition coefficient (Wildman–Crippen LogP) is 3.26. The summed E-state index contributed by atoms with van der Waals surface area (Å²) < 4.78 is 0. The Labute approximate surface area is 173 Å². The van der Waals surface area contributed by atoms with E-state index in [1.54, 1.807) is 7.05 Å². The SMILES string of the molecule is C=C(CC(=O)C[C@H](NC)C(C)=O)CC(=O)C(CC)[C@@]1(Cc2ccccc2)CC1=O. The average Bonchev–Trinajstić information content (AvgIpc) is 3.29. The molecular formula is C24H31NO4. The summed E-state index contributed by atoms with van der Waals surface area (Å²) in [5, 5.41) is 2.83. The lowest BCUT2D eigenvalue weighted by atomic mass is 9.77. The molecule has 1 aliphatic rings. The normalized spacial score (nSPS) is 20.0. The molecule has 3 atom stereocenters. The van der Waals surface area contributed by atoms with E-state index < -0.39 is 11.5 Å². The Balaban J connectivity index is 1.98. The summed E-state index contributed by atoms with van der Waals surface area (Å²) in [6.45, 7) is 7.27. The molecule has 0 amide bonds. The number of hydrogen-bond acceptors (Lipinski definition) is 5. The van der Waals surface area contributed by atoms with E-state index in [1.807, 2.05) is 37.3 Å². The van der Waals surface area contributed by atoms with E-state index in [0.717, 1.165) is 5.56 Å². The maximum atomic E-state index is 13.0. The van der Waals surface area contributed by atoms with Gasteiger partial charge in [0.25, 0.3) is 0 Å². The third-order valence-corrected chi connectivity index (χ3v) is 5.88. The zero-order chi connectivity index (χ0) is 21.6. The maximum absolute atomic E-state index is 13.0. The molecule has 0 heterocycles. The van der Waals surface area contributed by atoms with Gasteiger partial charge in [-0.25, -0.2) is 0 Å². The van der Waals surface area contributed by atoms with Crippen molar-refractivity contribution >= 4 is 23.1 Å². The van der Waals surface area contributed by atoms with Gasteiger partial charge in [-0.3, -0.25) is 19.2 Å². The minimum absolute atomic E-state index is 0.0242. The van der Waals surface area contributed by atoms with E-state index in [4.69, 9.17) is 0 Å². The first-order valence-corrected chi connectivity index (χ1v) is 10.2. The van der Waals surface area contributed by atoms with Gasteiger partial charge in [-0.2, -0.15) is 0 Å². The average molecular weight is 398 g/mol. The fourth-order valence-corrected chi connectivity index (χ4v) is 4.19. The van der Waals surface area contributed by atoms with Gasteiger partial charge in [-0.1, -0.05) is 49.4 Å². The van der Waals surface area contributed by atoms with Gasteiger partial charge < -0.3 is 5.32 Å². The molecule has 1 aliphatic carbocycles. The van der Waals surface area contributed by atoms with E-state index >= 15 is 0 Å². The molecular weight excluding hydrogens is 366 g/mol. The molecule has 0 aromatic heterocycles. The molecule has 156 valence electrons. The second-order valence-corrected chi connectivity index (χ2v) is 8.14. The summed E-state index contributed by atoms with van der Waals surface area (Å²) in [4.78, 5) is 49.0. The van der Waals surface area contributed by atoms with Crippen LogP contribution >= 0.6 is 0 Å². The smallest absolute Gasteiger partial charge is 0.147 e. The van der Waals surface area contributed by atoms with Crippen molar-refractivity contribution in [3.05, 3.63) is 48.0 Å². The van der Waals surface area contributed by atoms with Gasteiger partial charge in [0.1, 0.15) is 23.1 Å². The Morgan fingerprint density at radius 1 is 1.17 bits per heavy atom. The molecule has 2 rings (SSSR count). The third-order valence-electron chi connectivity index (χ3n) is 5.88. The lowest BCUT2D eigenvalue weighted by molar-refractivity contribution is -0.127. The number of carbonyl (C=O) groups is 4. The van der Waals surface area contributed by atoms with Crippen LogP contribution in [-0.2, 0) is 25.6 Å². The third kappa shape index (κ3) is 5.80. The number of hydrogen-bond donors (Lipinski definition) is 1. The molecule has 5 nitrogen and oxygen atoms in total. The van der Waals surface area contributed by atoms with Crippen LogP contribution in [0.3, 0.4) is 0 Å². The van der Waals surface area contributed by atoms with Crippen molar-refractivity contribution in [2.75, 3.05) is 7.05 Å². The van der Waals surface area contributed by atoms with Crippen molar-refractivity contribution in [2.45, 2.75) is 58.4 Å². The van der Waals surface area contributed by atoms with E-state index in [0.29, 0.717) is 24.8 Å². The Hall–Kier alpha value is -2.40. The Morgan fingerprint density at radius 2 is 1.79 bits per heavy atom. The zero-order valence-electron chi connectivity index (χ0n) is 17.6. The molecule has 0 spiro atoms. The number of allylic oxidation sites excluding steroid dienone is 1. The summed E-state index contributed by atoms with van der Waals surface area (Å²) in [7, 11) is 1.64. The number of carbonyl (C=O) groups excluding carboxylic acids is 4. The Morgan fingerprint density at radius 3 is 2.28 bits per heavy atom. The van der Waals surface area contributed by atoms with Crippen LogP contribution < -0.4 is 5.32 Å². The lowest BCUT2D eigenvalue weighted by Crippen LogP contribution is -2.34. The molecule has 0 aliphatic heterocycles. The number of nitrogens with one attached hydrogen (secondary N) is 1. The fraction of sp³-hybridized carbons (Fsp3) is 0.500. The molecule has 1 N–H and O–H groups in total. The van der Waals surface area contributed by atoms with Crippen molar-refractivity contribution < 1.29 is 19.2 Å². The molecule has 5 heteroatoms. The second-order valence-electron chi connectivity index (χ2n) is 8.14. The minimum Gasteiger partial charge on any atom is -0.310 e. The Kier molecular flexibility index (Phi) is 7.80. The molecule has 0 radical (unpaired) electrons. The molecule has 1 saturated carbocycles. The molecule has 1 fully saturated rings. The molecule has 29 heavy (non-hydrogen) atoms. The molecule has 1 unspecified atom stereocenters. The van der Waals surface area contributed by atoms with Gasteiger partial charge in [0.05, 0.1) is 6.04 Å². The number of likely N-dealkylation sites (N-methyl/N-ethyl adjacent to an activating group) is 1. The van der Waals surface area contributed by atoms with Crippen LogP contribution in [0.5, 0.6) is 0 Å². The monoisotopic (exact) mass is 397 g/mol. The van der Waals surface area contributed by atoms with Crippen molar-refractivity contribution in [3.63, 3.8) is 0 Å². The lowest BCUT2D eigenvalue weighted by Gasteiger charge is -2.24.